The highest BCUT2D eigenvalue weighted by Gasteiger charge is 2.23. The normalized spacial score (nSPS) is 14.4. The number of rotatable bonds is 3. The summed E-state index contributed by atoms with van der Waals surface area (Å²) >= 11 is 0. The van der Waals surface area contributed by atoms with Crippen molar-refractivity contribution in [3.63, 3.8) is 0 Å². The first-order chi connectivity index (χ1) is 9.65. The summed E-state index contributed by atoms with van der Waals surface area (Å²) in [6, 6.07) is 5.77. The average Bonchev–Trinajstić information content (AvgIpc) is 2.83. The standard InChI is InChI=1S/C15H18N4O/c1-11-17-6-7-18(11)8-9-19-14-4-3-13(16)10-12(14)2-5-15(19)20/h3-4,6-7,10H,2,5,8-9,16H2,1H3. The van der Waals surface area contributed by atoms with E-state index in [4.69, 9.17) is 5.73 Å². The molecule has 0 saturated carbocycles. The molecule has 0 aliphatic carbocycles. The van der Waals surface area contributed by atoms with Gasteiger partial charge in [-0.25, -0.2) is 4.98 Å². The summed E-state index contributed by atoms with van der Waals surface area (Å²) in [7, 11) is 0. The lowest BCUT2D eigenvalue weighted by Crippen LogP contribution is -2.37. The number of amides is 1. The average molecular weight is 270 g/mol. The Morgan fingerprint density at radius 2 is 2.15 bits per heavy atom. The zero-order chi connectivity index (χ0) is 14.1. The Bertz CT molecular complexity index is 647. The Hall–Kier alpha value is -2.30. The van der Waals surface area contributed by atoms with Gasteiger partial charge >= 0.3 is 0 Å². The van der Waals surface area contributed by atoms with Gasteiger partial charge < -0.3 is 15.2 Å². The minimum Gasteiger partial charge on any atom is -0.399 e. The van der Waals surface area contributed by atoms with Gasteiger partial charge in [0, 0.05) is 43.3 Å². The van der Waals surface area contributed by atoms with E-state index < -0.39 is 0 Å². The van der Waals surface area contributed by atoms with Crippen LogP contribution in [0.4, 0.5) is 11.4 Å². The van der Waals surface area contributed by atoms with E-state index in [-0.39, 0.29) is 5.91 Å². The maximum atomic E-state index is 12.2. The fraction of sp³-hybridized carbons (Fsp3) is 0.333. The fourth-order valence-electron chi connectivity index (χ4n) is 2.67. The first-order valence-corrected chi connectivity index (χ1v) is 6.81. The van der Waals surface area contributed by atoms with Crippen LogP contribution in [0.1, 0.15) is 17.8 Å². The van der Waals surface area contributed by atoms with Gasteiger partial charge in [0.15, 0.2) is 0 Å². The number of fused-ring (bicyclic) bond motifs is 1. The molecule has 20 heavy (non-hydrogen) atoms. The van der Waals surface area contributed by atoms with E-state index in [1.54, 1.807) is 6.20 Å². The van der Waals surface area contributed by atoms with Gasteiger partial charge in [-0.15, -0.1) is 0 Å². The molecule has 1 aliphatic rings. The smallest absolute Gasteiger partial charge is 0.227 e. The Morgan fingerprint density at radius 3 is 2.90 bits per heavy atom. The maximum Gasteiger partial charge on any atom is 0.227 e. The highest BCUT2D eigenvalue weighted by molar-refractivity contribution is 5.96. The van der Waals surface area contributed by atoms with E-state index >= 15 is 0 Å². The number of hydrogen-bond acceptors (Lipinski definition) is 3. The number of hydrogen-bond donors (Lipinski definition) is 1. The van der Waals surface area contributed by atoms with Crippen molar-refractivity contribution in [3.05, 3.63) is 42.0 Å². The molecule has 0 radical (unpaired) electrons. The molecule has 1 aromatic heterocycles. The van der Waals surface area contributed by atoms with Crippen LogP contribution in [0.5, 0.6) is 0 Å². The third kappa shape index (κ3) is 2.27. The maximum absolute atomic E-state index is 12.2. The van der Waals surface area contributed by atoms with Crippen LogP contribution in [0.3, 0.4) is 0 Å². The summed E-state index contributed by atoms with van der Waals surface area (Å²) in [5.41, 5.74) is 8.72. The molecule has 0 atom stereocenters. The summed E-state index contributed by atoms with van der Waals surface area (Å²) in [4.78, 5) is 18.2. The molecule has 5 nitrogen and oxygen atoms in total. The van der Waals surface area contributed by atoms with E-state index in [1.165, 1.54) is 0 Å². The van der Waals surface area contributed by atoms with Gasteiger partial charge in [-0.1, -0.05) is 0 Å². The molecule has 0 saturated heterocycles. The Balaban J connectivity index is 1.82. The topological polar surface area (TPSA) is 64.2 Å². The largest absolute Gasteiger partial charge is 0.399 e. The molecule has 5 heteroatoms. The molecule has 0 bridgehead atoms. The number of nitrogens with zero attached hydrogens (tertiary/aromatic N) is 3. The van der Waals surface area contributed by atoms with Crippen molar-refractivity contribution in [3.8, 4) is 0 Å². The van der Waals surface area contributed by atoms with Crippen LogP contribution in [0.25, 0.3) is 0 Å². The summed E-state index contributed by atoms with van der Waals surface area (Å²) in [5, 5.41) is 0. The van der Waals surface area contributed by atoms with E-state index in [9.17, 15) is 4.79 Å². The van der Waals surface area contributed by atoms with Crippen LogP contribution in [-0.4, -0.2) is 22.0 Å². The van der Waals surface area contributed by atoms with Gasteiger partial charge in [0.2, 0.25) is 5.91 Å². The zero-order valence-electron chi connectivity index (χ0n) is 11.5. The summed E-state index contributed by atoms with van der Waals surface area (Å²) in [6.45, 7) is 3.38. The fourth-order valence-corrected chi connectivity index (χ4v) is 2.67. The summed E-state index contributed by atoms with van der Waals surface area (Å²) < 4.78 is 2.05. The number of nitrogen functional groups attached to an aromatic ring is 1. The number of carbonyl (C=O) groups excluding carboxylic acids is 1. The van der Waals surface area contributed by atoms with Crippen molar-refractivity contribution >= 4 is 17.3 Å². The molecular formula is C15H18N4O. The molecule has 1 aliphatic heterocycles. The van der Waals surface area contributed by atoms with E-state index in [1.807, 2.05) is 36.2 Å². The number of imidazole rings is 1. The Kier molecular flexibility index (Phi) is 3.18. The van der Waals surface area contributed by atoms with Crippen LogP contribution >= 0.6 is 0 Å². The SMILES string of the molecule is Cc1nccn1CCN1C(=O)CCc2cc(N)ccc21. The van der Waals surface area contributed by atoms with Gasteiger partial charge in [0.25, 0.3) is 0 Å². The predicted molar refractivity (Wildman–Crippen MR) is 78.5 cm³/mol. The molecule has 2 aromatic rings. The van der Waals surface area contributed by atoms with Crippen molar-refractivity contribution in [1.82, 2.24) is 9.55 Å². The van der Waals surface area contributed by atoms with Gasteiger partial charge in [-0.05, 0) is 37.1 Å². The van der Waals surface area contributed by atoms with Gasteiger partial charge in [0.1, 0.15) is 5.82 Å². The molecule has 3 rings (SSSR count). The molecule has 2 heterocycles. The Morgan fingerprint density at radius 1 is 1.30 bits per heavy atom. The van der Waals surface area contributed by atoms with Crippen molar-refractivity contribution in [2.24, 2.45) is 0 Å². The number of nitrogens with two attached hydrogens (primary N) is 1. The number of aryl methyl sites for hydroxylation is 2. The van der Waals surface area contributed by atoms with Crippen LogP contribution in [0, 0.1) is 6.92 Å². The second-order valence-corrected chi connectivity index (χ2v) is 5.10. The molecule has 0 spiro atoms. The summed E-state index contributed by atoms with van der Waals surface area (Å²) in [5.74, 6) is 1.15. The highest BCUT2D eigenvalue weighted by atomic mass is 16.2. The minimum atomic E-state index is 0.181. The van der Waals surface area contributed by atoms with Crippen LogP contribution in [0.15, 0.2) is 30.6 Å². The molecule has 1 aromatic carbocycles. The predicted octanol–water partition coefficient (Wildman–Crippen LogP) is 1.75. The molecule has 0 unspecified atom stereocenters. The van der Waals surface area contributed by atoms with Crippen LogP contribution in [0.2, 0.25) is 0 Å². The molecule has 0 fully saturated rings. The van der Waals surface area contributed by atoms with Gasteiger partial charge in [-0.2, -0.15) is 0 Å². The second-order valence-electron chi connectivity index (χ2n) is 5.10. The summed E-state index contributed by atoms with van der Waals surface area (Å²) in [6.07, 6.45) is 5.05. The second kappa shape index (κ2) is 5.00. The molecule has 104 valence electrons. The van der Waals surface area contributed by atoms with E-state index in [0.29, 0.717) is 13.0 Å². The van der Waals surface area contributed by atoms with Crippen molar-refractivity contribution in [1.29, 1.82) is 0 Å². The molecule has 1 amide bonds. The van der Waals surface area contributed by atoms with E-state index in [2.05, 4.69) is 9.55 Å². The third-order valence-electron chi connectivity index (χ3n) is 3.79. The first-order valence-electron chi connectivity index (χ1n) is 6.81. The molecular weight excluding hydrogens is 252 g/mol. The lowest BCUT2D eigenvalue weighted by molar-refractivity contribution is -0.118. The highest BCUT2D eigenvalue weighted by Crippen LogP contribution is 2.29. The van der Waals surface area contributed by atoms with Crippen LogP contribution < -0.4 is 10.6 Å². The van der Waals surface area contributed by atoms with Gasteiger partial charge in [-0.3, -0.25) is 4.79 Å². The van der Waals surface area contributed by atoms with Crippen molar-refractivity contribution < 1.29 is 4.79 Å². The monoisotopic (exact) mass is 270 g/mol. The number of anilines is 2. The Labute approximate surface area is 118 Å². The number of carbonyl (C=O) groups is 1. The minimum absolute atomic E-state index is 0.181. The zero-order valence-corrected chi connectivity index (χ0v) is 11.5. The number of aromatic nitrogens is 2. The lowest BCUT2D eigenvalue weighted by atomic mass is 10.0. The van der Waals surface area contributed by atoms with Gasteiger partial charge in [0.05, 0.1) is 0 Å². The quantitative estimate of drug-likeness (QED) is 0.864. The third-order valence-corrected chi connectivity index (χ3v) is 3.79. The molecule has 2 N–H and O–H groups in total. The first kappa shape index (κ1) is 12.7. The van der Waals surface area contributed by atoms with E-state index in [0.717, 1.165) is 35.7 Å². The van der Waals surface area contributed by atoms with Crippen molar-refractivity contribution in [2.45, 2.75) is 26.3 Å². The lowest BCUT2D eigenvalue weighted by Gasteiger charge is -2.29. The van der Waals surface area contributed by atoms with Crippen molar-refractivity contribution in [2.75, 3.05) is 17.2 Å². The number of benzene rings is 1. The van der Waals surface area contributed by atoms with Crippen LogP contribution in [-0.2, 0) is 17.8 Å².